The van der Waals surface area contributed by atoms with E-state index in [1.807, 2.05) is 0 Å². The molecule has 0 radical (unpaired) electrons. The molecule has 1 heterocycles. The fourth-order valence-corrected chi connectivity index (χ4v) is 9.48. The predicted molar refractivity (Wildman–Crippen MR) is 76.6 cm³/mol. The first kappa shape index (κ1) is 17.0. The van der Waals surface area contributed by atoms with Gasteiger partial charge in [0.05, 0.1) is 12.2 Å². The molecule has 1 saturated heterocycles. The van der Waals surface area contributed by atoms with Crippen molar-refractivity contribution >= 4 is 60.9 Å². The van der Waals surface area contributed by atoms with Crippen LogP contribution in [0.4, 0.5) is 0 Å². The van der Waals surface area contributed by atoms with Crippen molar-refractivity contribution in [3.8, 4) is 0 Å². The van der Waals surface area contributed by atoms with Gasteiger partial charge in [0.25, 0.3) is 60.9 Å². The van der Waals surface area contributed by atoms with Gasteiger partial charge in [0, 0.05) is 0 Å². The first-order valence-electron chi connectivity index (χ1n) is 6.65. The Morgan fingerprint density at radius 2 is 1.12 bits per heavy atom. The summed E-state index contributed by atoms with van der Waals surface area (Å²) in [5, 5.41) is 21.4. The average molecular weight is 302 g/mol. The third kappa shape index (κ3) is 3.54. The van der Waals surface area contributed by atoms with Crippen molar-refractivity contribution in [1.29, 1.82) is 0 Å². The quantitative estimate of drug-likeness (QED) is 0.555. The largest absolute Gasteiger partial charge is 0.417 e. The van der Waals surface area contributed by atoms with Crippen LogP contribution >= 0.6 is 0 Å². The lowest BCUT2D eigenvalue weighted by Gasteiger charge is -2.40. The van der Waals surface area contributed by atoms with E-state index in [0.717, 1.165) is 0 Å². The smallest absolute Gasteiger partial charge is 0.264 e. The van der Waals surface area contributed by atoms with Gasteiger partial charge in [-0.15, -0.1) is 23.1 Å². The standard InChI is InChI=1S/C5H6O4.4CH3.4Al.4H/c6-1-4-5(2-7)9-3-8-4;;;;;;;;;;;;/h4-7H,3H2;4*1H3;;;;;;;;/t4-,5-;;;;;;;;;;;;/m0............/s1. The highest BCUT2D eigenvalue weighted by Crippen LogP contribution is 2.29. The number of hydrogen-bond acceptors (Lipinski definition) is 4. The van der Waals surface area contributed by atoms with Crippen LogP contribution in [0, 0.1) is 0 Å². The van der Waals surface area contributed by atoms with E-state index in [9.17, 15) is 10.2 Å². The maximum atomic E-state index is 10.7. The number of aliphatic hydroxyl groups is 2. The molecule has 0 aromatic carbocycles. The third-order valence-corrected chi connectivity index (χ3v) is 16.8. The van der Waals surface area contributed by atoms with E-state index in [1.54, 1.807) is 0 Å². The summed E-state index contributed by atoms with van der Waals surface area (Å²) in [4.78, 5) is 0. The van der Waals surface area contributed by atoms with Gasteiger partial charge in [0.2, 0.25) is 0 Å². The molecule has 2 N–H and O–H groups in total. The van der Waals surface area contributed by atoms with Gasteiger partial charge in [0.1, 0.15) is 6.79 Å². The zero-order chi connectivity index (χ0) is 13.1. The number of rotatable bonds is 6. The topological polar surface area (TPSA) is 58.9 Å². The van der Waals surface area contributed by atoms with Crippen LogP contribution in [0.3, 0.4) is 0 Å². The zero-order valence-electron chi connectivity index (χ0n) is 11.4. The van der Waals surface area contributed by atoms with Gasteiger partial charge in [-0.05, 0) is 6.65 Å². The number of ether oxygens (including phenoxy) is 2. The Balaban J connectivity index is 2.93. The van der Waals surface area contributed by atoms with E-state index < -0.39 is 67.5 Å². The molecule has 2 atom stereocenters. The molecule has 1 aliphatic rings. The van der Waals surface area contributed by atoms with Gasteiger partial charge in [-0.25, -0.2) is 0 Å². The minimum absolute atomic E-state index is 0.242. The molecule has 8 heteroatoms. The minimum Gasteiger partial charge on any atom is -0.417 e. The van der Waals surface area contributed by atoms with E-state index in [0.29, 0.717) is 0 Å². The van der Waals surface area contributed by atoms with E-state index in [4.69, 9.17) is 9.47 Å². The third-order valence-electron chi connectivity index (χ3n) is 4.28. The second kappa shape index (κ2) is 7.11. The molecular weight excluding hydrogens is 280 g/mol. The molecule has 17 heavy (non-hydrogen) atoms. The molecule has 0 aromatic rings. The van der Waals surface area contributed by atoms with Crippen molar-refractivity contribution in [3.05, 3.63) is 0 Å². The lowest BCUT2D eigenvalue weighted by molar-refractivity contribution is -0.0164. The van der Waals surface area contributed by atoms with E-state index in [2.05, 4.69) is 23.1 Å². The van der Waals surface area contributed by atoms with Crippen molar-refractivity contribution in [2.75, 3.05) is 6.79 Å². The van der Waals surface area contributed by atoms with Gasteiger partial charge >= 0.3 is 0 Å². The molecule has 1 rings (SSSR count). The highest BCUT2D eigenvalue weighted by molar-refractivity contribution is 6.62. The van der Waals surface area contributed by atoms with Crippen LogP contribution in [0.1, 0.15) is 0 Å². The second-order valence-electron chi connectivity index (χ2n) is 4.91. The highest BCUT2D eigenvalue weighted by Gasteiger charge is 2.51. The van der Waals surface area contributed by atoms with Crippen molar-refractivity contribution in [2.24, 2.45) is 0 Å². The van der Waals surface area contributed by atoms with Gasteiger partial charge in [-0.1, -0.05) is 0 Å². The molecule has 0 amide bonds. The molecule has 0 saturated carbocycles. The summed E-state index contributed by atoms with van der Waals surface area (Å²) in [6.45, 7) is 0.242. The van der Waals surface area contributed by atoms with Crippen LogP contribution in [0.25, 0.3) is 0 Å². The van der Waals surface area contributed by atoms with Gasteiger partial charge < -0.3 is 19.7 Å². The fraction of sp³-hybridized carbons (Fsp3) is 1.00. The Hall–Kier alpha value is 1.97. The summed E-state index contributed by atoms with van der Waals surface area (Å²) in [7, 11) is 0. The van der Waals surface area contributed by atoms with Gasteiger partial charge in [0.15, 0.2) is 0 Å². The molecule has 0 bridgehead atoms. The minimum atomic E-state index is -0.595. The van der Waals surface area contributed by atoms with Gasteiger partial charge in [-0.3, -0.25) is 0 Å². The normalized spacial score (nSPS) is 25.5. The second-order valence-corrected chi connectivity index (χ2v) is 14.6. The molecule has 1 aliphatic heterocycles. The van der Waals surface area contributed by atoms with E-state index in [1.165, 1.54) is 0 Å². The Kier molecular flexibility index (Phi) is 7.12. The van der Waals surface area contributed by atoms with Crippen molar-refractivity contribution in [1.82, 2.24) is 0 Å². The summed E-state index contributed by atoms with van der Waals surface area (Å²) < 4.78 is 10.1. The summed E-state index contributed by atoms with van der Waals surface area (Å²) in [6, 6.07) is 0. The lowest BCUT2D eigenvalue weighted by atomic mass is 10.2. The van der Waals surface area contributed by atoms with Crippen molar-refractivity contribution in [2.45, 2.75) is 42.0 Å². The Morgan fingerprint density at radius 1 is 0.824 bits per heavy atom. The average Bonchev–Trinajstić information content (AvgIpc) is 2.87. The summed E-state index contributed by atoms with van der Waals surface area (Å²) >= 11 is -2.28. The Labute approximate surface area is 128 Å². The van der Waals surface area contributed by atoms with Crippen LogP contribution in [0.2, 0.25) is 23.1 Å². The van der Waals surface area contributed by atoms with Crippen LogP contribution in [0.5, 0.6) is 0 Å². The maximum Gasteiger partial charge on any atom is 0.264 e. The summed E-state index contributed by atoms with van der Waals surface area (Å²) in [5.41, 5.74) is 0. The maximum absolute atomic E-state index is 10.7. The summed E-state index contributed by atoms with van der Waals surface area (Å²) in [5.74, 6) is 8.50. The zero-order valence-corrected chi connectivity index (χ0v) is 17.1. The monoisotopic (exact) mass is 302 g/mol. The first-order chi connectivity index (χ1) is 7.97. The molecule has 94 valence electrons. The molecular formula is C9H22Al4O4. The number of hydrogen-bond donors (Lipinski definition) is 2. The van der Waals surface area contributed by atoms with Crippen LogP contribution in [0.15, 0.2) is 0 Å². The molecule has 0 aliphatic carbocycles. The molecule has 4 nitrogen and oxygen atoms in total. The molecule has 0 spiro atoms. The lowest BCUT2D eigenvalue weighted by Crippen LogP contribution is -2.64. The Morgan fingerprint density at radius 3 is 1.35 bits per heavy atom. The molecule has 1 fully saturated rings. The van der Waals surface area contributed by atoms with Crippen LogP contribution in [-0.2, 0) is 9.47 Å². The van der Waals surface area contributed by atoms with E-state index in [-0.39, 0.29) is 19.0 Å². The SMILES string of the molecule is [CH3][AlH][C](O)([AlH][CH3])[C@@H]1OCO[C@H]1[C](O)([AlH][CH3])[AlH][CH3]. The van der Waals surface area contributed by atoms with Crippen molar-refractivity contribution in [3.63, 3.8) is 0 Å². The predicted octanol–water partition coefficient (Wildman–Crippen LogP) is -2.04. The fourth-order valence-electron chi connectivity index (χ4n) is 2.54. The highest BCUT2D eigenvalue weighted by atomic mass is 27.2. The van der Waals surface area contributed by atoms with Crippen LogP contribution in [-0.4, -0.2) is 96.7 Å². The van der Waals surface area contributed by atoms with E-state index >= 15 is 0 Å². The first-order valence-corrected chi connectivity index (χ1v) is 15.1. The Bertz CT molecular complexity index is 221. The summed E-state index contributed by atoms with van der Waals surface area (Å²) in [6.07, 6.45) is -0.499. The molecule has 0 unspecified atom stereocenters. The molecule has 0 aromatic heterocycles. The van der Waals surface area contributed by atoms with Crippen molar-refractivity contribution < 1.29 is 19.7 Å². The van der Waals surface area contributed by atoms with Gasteiger partial charge in [-0.2, -0.15) is 0 Å². The van der Waals surface area contributed by atoms with Crippen LogP contribution < -0.4 is 0 Å².